The van der Waals surface area contributed by atoms with Gasteiger partial charge in [-0.05, 0) is 30.7 Å². The second-order valence-corrected chi connectivity index (χ2v) is 6.79. The Balaban J connectivity index is 1.83. The van der Waals surface area contributed by atoms with Crippen molar-refractivity contribution in [2.24, 2.45) is 0 Å². The van der Waals surface area contributed by atoms with Crippen molar-refractivity contribution in [3.8, 4) is 5.75 Å². The van der Waals surface area contributed by atoms with Crippen LogP contribution in [0.2, 0.25) is 5.02 Å². The van der Waals surface area contributed by atoms with Crippen LogP contribution in [-0.4, -0.2) is 37.6 Å². The van der Waals surface area contributed by atoms with Crippen molar-refractivity contribution < 1.29 is 9.53 Å². The summed E-state index contributed by atoms with van der Waals surface area (Å²) >= 11 is 6.14. The van der Waals surface area contributed by atoms with Gasteiger partial charge in [-0.3, -0.25) is 4.79 Å². The number of methoxy groups -OCH3 is 1. The van der Waals surface area contributed by atoms with Crippen LogP contribution >= 0.6 is 11.6 Å². The van der Waals surface area contributed by atoms with Crippen LogP contribution in [0, 0.1) is 6.92 Å². The average Bonchev–Trinajstić information content (AvgIpc) is 2.62. The molecule has 1 N–H and O–H groups in total. The molecule has 1 heterocycles. The molecule has 0 bridgehead atoms. The molecule has 1 aliphatic rings. The molecule has 1 fully saturated rings. The summed E-state index contributed by atoms with van der Waals surface area (Å²) in [5.41, 5.74) is 3.11. The smallest absolute Gasteiger partial charge is 0.227 e. The standard InChI is InChI=1S/C20H23ClN2O2/c1-14-6-7-19(25-2)16(10-14)12-20(24)23-9-8-22-13-18(23)15-4-3-5-17(21)11-15/h3-7,10-11,18,22H,8-9,12-13H2,1-2H3. The Kier molecular flexibility index (Phi) is 5.61. The molecule has 1 amide bonds. The monoisotopic (exact) mass is 358 g/mol. The highest BCUT2D eigenvalue weighted by molar-refractivity contribution is 6.30. The van der Waals surface area contributed by atoms with Crippen LogP contribution in [0.25, 0.3) is 0 Å². The van der Waals surface area contributed by atoms with E-state index in [4.69, 9.17) is 16.3 Å². The Bertz CT molecular complexity index is 763. The normalized spacial score (nSPS) is 17.4. The SMILES string of the molecule is COc1ccc(C)cc1CC(=O)N1CCNCC1c1cccc(Cl)c1. The minimum Gasteiger partial charge on any atom is -0.496 e. The number of hydrogen-bond acceptors (Lipinski definition) is 3. The summed E-state index contributed by atoms with van der Waals surface area (Å²) < 4.78 is 5.42. The number of halogens is 1. The van der Waals surface area contributed by atoms with Gasteiger partial charge in [0.05, 0.1) is 19.6 Å². The van der Waals surface area contributed by atoms with Gasteiger partial charge in [-0.15, -0.1) is 0 Å². The van der Waals surface area contributed by atoms with Gasteiger partial charge >= 0.3 is 0 Å². The minimum atomic E-state index is -0.00393. The first-order valence-electron chi connectivity index (χ1n) is 8.47. The van der Waals surface area contributed by atoms with Gasteiger partial charge in [0.15, 0.2) is 0 Å². The lowest BCUT2D eigenvalue weighted by Gasteiger charge is -2.37. The molecule has 1 atom stereocenters. The van der Waals surface area contributed by atoms with Crippen molar-refractivity contribution in [1.82, 2.24) is 10.2 Å². The van der Waals surface area contributed by atoms with E-state index in [1.165, 1.54) is 0 Å². The summed E-state index contributed by atoms with van der Waals surface area (Å²) in [6.45, 7) is 4.24. The molecule has 0 spiro atoms. The maximum absolute atomic E-state index is 13.0. The number of nitrogens with zero attached hydrogens (tertiary/aromatic N) is 1. The number of piperazine rings is 1. The molecule has 4 nitrogen and oxygen atoms in total. The molecule has 3 rings (SSSR count). The van der Waals surface area contributed by atoms with Crippen LogP contribution in [0.3, 0.4) is 0 Å². The van der Waals surface area contributed by atoms with E-state index in [0.717, 1.165) is 35.5 Å². The highest BCUT2D eigenvalue weighted by Gasteiger charge is 2.28. The Labute approximate surface area is 153 Å². The second-order valence-electron chi connectivity index (χ2n) is 6.35. The van der Waals surface area contributed by atoms with Gasteiger partial charge in [0, 0.05) is 30.2 Å². The zero-order valence-corrected chi connectivity index (χ0v) is 15.3. The van der Waals surface area contributed by atoms with Crippen molar-refractivity contribution in [1.29, 1.82) is 0 Å². The second kappa shape index (κ2) is 7.89. The first kappa shape index (κ1) is 17.8. The molecule has 0 saturated carbocycles. The van der Waals surface area contributed by atoms with Crippen molar-refractivity contribution in [3.05, 3.63) is 64.2 Å². The molecule has 2 aromatic rings. The molecule has 2 aromatic carbocycles. The van der Waals surface area contributed by atoms with E-state index in [1.54, 1.807) is 7.11 Å². The molecule has 0 aromatic heterocycles. The lowest BCUT2D eigenvalue weighted by atomic mass is 10.0. The maximum atomic E-state index is 13.0. The van der Waals surface area contributed by atoms with Crippen LogP contribution in [-0.2, 0) is 11.2 Å². The average molecular weight is 359 g/mol. The number of nitrogens with one attached hydrogen (secondary N) is 1. The molecule has 25 heavy (non-hydrogen) atoms. The van der Waals surface area contributed by atoms with Gasteiger partial charge in [-0.1, -0.05) is 41.4 Å². The first-order valence-corrected chi connectivity index (χ1v) is 8.85. The van der Waals surface area contributed by atoms with Gasteiger partial charge in [0.25, 0.3) is 0 Å². The van der Waals surface area contributed by atoms with Crippen LogP contribution in [0.4, 0.5) is 0 Å². The summed E-state index contributed by atoms with van der Waals surface area (Å²) in [5.74, 6) is 0.865. The fourth-order valence-electron chi connectivity index (χ4n) is 3.32. The summed E-state index contributed by atoms with van der Waals surface area (Å²) in [4.78, 5) is 15.0. The Morgan fingerprint density at radius 3 is 2.92 bits per heavy atom. The van der Waals surface area contributed by atoms with Crippen molar-refractivity contribution in [2.75, 3.05) is 26.7 Å². The fourth-order valence-corrected chi connectivity index (χ4v) is 3.52. The molecule has 0 aliphatic carbocycles. The fraction of sp³-hybridized carbons (Fsp3) is 0.350. The van der Waals surface area contributed by atoms with Crippen LogP contribution in [0.15, 0.2) is 42.5 Å². The molecule has 132 valence electrons. The van der Waals surface area contributed by atoms with Gasteiger partial charge in [0.2, 0.25) is 5.91 Å². The lowest BCUT2D eigenvalue weighted by molar-refractivity contribution is -0.133. The summed E-state index contributed by atoms with van der Waals surface area (Å²) in [6, 6.07) is 13.7. The number of rotatable bonds is 4. The predicted octanol–water partition coefficient (Wildman–Crippen LogP) is 3.37. The molecular weight excluding hydrogens is 336 g/mol. The Morgan fingerprint density at radius 2 is 2.16 bits per heavy atom. The van der Waals surface area contributed by atoms with E-state index in [0.29, 0.717) is 18.0 Å². The van der Waals surface area contributed by atoms with Crippen LogP contribution in [0.5, 0.6) is 5.75 Å². The van der Waals surface area contributed by atoms with E-state index in [1.807, 2.05) is 54.3 Å². The Morgan fingerprint density at radius 1 is 1.32 bits per heavy atom. The number of aryl methyl sites for hydroxylation is 1. The topological polar surface area (TPSA) is 41.6 Å². The number of amides is 1. The molecule has 0 radical (unpaired) electrons. The number of ether oxygens (including phenoxy) is 1. The van der Waals surface area contributed by atoms with Gasteiger partial charge in [-0.2, -0.15) is 0 Å². The molecule has 1 unspecified atom stereocenters. The molecule has 1 aliphatic heterocycles. The Hall–Kier alpha value is -2.04. The zero-order valence-electron chi connectivity index (χ0n) is 14.6. The molecule has 5 heteroatoms. The number of hydrogen-bond donors (Lipinski definition) is 1. The van der Waals surface area contributed by atoms with Crippen molar-refractivity contribution >= 4 is 17.5 Å². The minimum absolute atomic E-state index is 0.00393. The zero-order chi connectivity index (χ0) is 17.8. The van der Waals surface area contributed by atoms with E-state index < -0.39 is 0 Å². The number of carbonyl (C=O) groups is 1. The van der Waals surface area contributed by atoms with Gasteiger partial charge in [0.1, 0.15) is 5.75 Å². The highest BCUT2D eigenvalue weighted by atomic mass is 35.5. The van der Waals surface area contributed by atoms with E-state index in [-0.39, 0.29) is 11.9 Å². The quantitative estimate of drug-likeness (QED) is 0.911. The summed E-state index contributed by atoms with van der Waals surface area (Å²) in [7, 11) is 1.64. The van der Waals surface area contributed by atoms with E-state index >= 15 is 0 Å². The van der Waals surface area contributed by atoms with E-state index in [2.05, 4.69) is 5.32 Å². The van der Waals surface area contributed by atoms with E-state index in [9.17, 15) is 4.79 Å². The highest BCUT2D eigenvalue weighted by Crippen LogP contribution is 2.27. The number of carbonyl (C=O) groups excluding carboxylic acids is 1. The van der Waals surface area contributed by atoms with Crippen molar-refractivity contribution in [2.45, 2.75) is 19.4 Å². The van der Waals surface area contributed by atoms with Crippen LogP contribution in [0.1, 0.15) is 22.7 Å². The van der Waals surface area contributed by atoms with Crippen molar-refractivity contribution in [3.63, 3.8) is 0 Å². The third-order valence-electron chi connectivity index (χ3n) is 4.57. The third-order valence-corrected chi connectivity index (χ3v) is 4.81. The first-order chi connectivity index (χ1) is 12.1. The maximum Gasteiger partial charge on any atom is 0.227 e. The van der Waals surface area contributed by atoms with Gasteiger partial charge < -0.3 is 15.0 Å². The summed E-state index contributed by atoms with van der Waals surface area (Å²) in [6.07, 6.45) is 0.335. The lowest BCUT2D eigenvalue weighted by Crippen LogP contribution is -2.49. The predicted molar refractivity (Wildman–Crippen MR) is 100 cm³/mol. The molecular formula is C20H23ClN2O2. The number of benzene rings is 2. The van der Waals surface area contributed by atoms with Crippen LogP contribution < -0.4 is 10.1 Å². The molecule has 1 saturated heterocycles. The van der Waals surface area contributed by atoms with Gasteiger partial charge in [-0.25, -0.2) is 0 Å². The summed E-state index contributed by atoms with van der Waals surface area (Å²) in [5, 5.41) is 4.06. The largest absolute Gasteiger partial charge is 0.496 e. The third kappa shape index (κ3) is 4.14.